The van der Waals surface area contributed by atoms with Crippen LogP contribution < -0.4 is 11.3 Å². The number of ether oxygens (including phenoxy) is 1. The number of thiophene rings is 1. The van der Waals surface area contributed by atoms with E-state index in [0.717, 1.165) is 17.5 Å². The van der Waals surface area contributed by atoms with Crippen LogP contribution in [0.2, 0.25) is 0 Å². The molecule has 0 radical (unpaired) electrons. The Hall–Kier alpha value is 0.0600. The Morgan fingerprint density at radius 1 is 1.67 bits per heavy atom. The number of hydrogen-bond acceptors (Lipinski definition) is 4. The normalized spacial score (nSPS) is 15.2. The number of methoxy groups -OCH3 is 1. The van der Waals surface area contributed by atoms with Crippen LogP contribution >= 0.6 is 27.3 Å². The summed E-state index contributed by atoms with van der Waals surface area (Å²) in [6, 6.07) is 2.24. The molecule has 3 nitrogen and oxygen atoms in total. The summed E-state index contributed by atoms with van der Waals surface area (Å²) < 4.78 is 6.20. The molecule has 0 spiro atoms. The fourth-order valence-electron chi connectivity index (χ4n) is 1.50. The van der Waals surface area contributed by atoms with E-state index in [2.05, 4.69) is 33.7 Å². The fourth-order valence-corrected chi connectivity index (χ4v) is 3.31. The number of hydrazine groups is 1. The molecule has 0 bridgehead atoms. The van der Waals surface area contributed by atoms with Gasteiger partial charge in [0.25, 0.3) is 0 Å². The second kappa shape index (κ2) is 6.60. The summed E-state index contributed by atoms with van der Waals surface area (Å²) in [5.41, 5.74) is 2.88. The largest absolute Gasteiger partial charge is 0.385 e. The van der Waals surface area contributed by atoms with Crippen LogP contribution in [0.25, 0.3) is 0 Å². The quantitative estimate of drug-likeness (QED) is 0.626. The Bertz CT molecular complexity index is 293. The highest BCUT2D eigenvalue weighted by Gasteiger charge is 2.20. The molecule has 3 N–H and O–H groups in total. The van der Waals surface area contributed by atoms with E-state index in [9.17, 15) is 0 Å². The van der Waals surface area contributed by atoms with Gasteiger partial charge in [0.05, 0.1) is 6.04 Å². The Balaban J connectivity index is 2.67. The summed E-state index contributed by atoms with van der Waals surface area (Å²) in [7, 11) is 1.72. The average Bonchev–Trinajstić information content (AvgIpc) is 2.63. The molecule has 0 saturated heterocycles. The van der Waals surface area contributed by atoms with Gasteiger partial charge in [-0.05, 0) is 39.7 Å². The second-order valence-corrected chi connectivity index (χ2v) is 5.34. The molecule has 1 heterocycles. The van der Waals surface area contributed by atoms with Gasteiger partial charge in [0, 0.05) is 23.1 Å². The van der Waals surface area contributed by atoms with Gasteiger partial charge >= 0.3 is 0 Å². The number of nitrogens with one attached hydrogen (secondary N) is 1. The lowest BCUT2D eigenvalue weighted by molar-refractivity contribution is 0.170. The number of hydrogen-bond donors (Lipinski definition) is 2. The number of halogens is 1. The zero-order valence-electron chi connectivity index (χ0n) is 9.00. The molecule has 2 unspecified atom stereocenters. The predicted octanol–water partition coefficient (Wildman–Crippen LogP) is 2.69. The van der Waals surface area contributed by atoms with E-state index < -0.39 is 0 Å². The van der Waals surface area contributed by atoms with Gasteiger partial charge in [-0.25, -0.2) is 0 Å². The van der Waals surface area contributed by atoms with E-state index >= 15 is 0 Å². The SMILES string of the molecule is COCCC(C)C(NN)c1sccc1Br. The molecule has 0 aliphatic carbocycles. The van der Waals surface area contributed by atoms with Gasteiger partial charge in [-0.2, -0.15) is 0 Å². The maximum Gasteiger partial charge on any atom is 0.0590 e. The molecular weight excluding hydrogens is 276 g/mol. The fraction of sp³-hybridized carbons (Fsp3) is 0.600. The maximum atomic E-state index is 5.60. The van der Waals surface area contributed by atoms with Gasteiger partial charge < -0.3 is 4.74 Å². The van der Waals surface area contributed by atoms with Crippen molar-refractivity contribution in [1.29, 1.82) is 0 Å². The number of nitrogens with two attached hydrogens (primary N) is 1. The molecule has 86 valence electrons. The summed E-state index contributed by atoms with van der Waals surface area (Å²) in [6.07, 6.45) is 0.996. The topological polar surface area (TPSA) is 47.3 Å². The van der Waals surface area contributed by atoms with E-state index in [1.807, 2.05) is 6.07 Å². The molecule has 1 aromatic rings. The lowest BCUT2D eigenvalue weighted by Gasteiger charge is -2.22. The van der Waals surface area contributed by atoms with Crippen LogP contribution in [-0.4, -0.2) is 13.7 Å². The summed E-state index contributed by atoms with van der Waals surface area (Å²) >= 11 is 5.24. The highest BCUT2D eigenvalue weighted by molar-refractivity contribution is 9.10. The summed E-state index contributed by atoms with van der Waals surface area (Å²) in [6.45, 7) is 2.94. The van der Waals surface area contributed by atoms with Crippen molar-refractivity contribution in [3.8, 4) is 0 Å². The van der Waals surface area contributed by atoms with E-state index in [-0.39, 0.29) is 6.04 Å². The summed E-state index contributed by atoms with van der Waals surface area (Å²) in [5.74, 6) is 6.05. The van der Waals surface area contributed by atoms with Crippen LogP contribution in [0.5, 0.6) is 0 Å². The standard InChI is InChI=1S/C10H17BrN2OS/c1-7(3-5-14-2)9(13-12)10-8(11)4-6-15-10/h4,6-7,9,13H,3,5,12H2,1-2H3. The third-order valence-corrected chi connectivity index (χ3v) is 4.41. The van der Waals surface area contributed by atoms with Crippen LogP contribution in [-0.2, 0) is 4.74 Å². The zero-order valence-corrected chi connectivity index (χ0v) is 11.4. The molecule has 5 heteroatoms. The van der Waals surface area contributed by atoms with E-state index in [1.165, 1.54) is 4.88 Å². The van der Waals surface area contributed by atoms with Crippen LogP contribution in [0.1, 0.15) is 24.3 Å². The van der Waals surface area contributed by atoms with Crippen molar-refractivity contribution in [3.63, 3.8) is 0 Å². The summed E-state index contributed by atoms with van der Waals surface area (Å²) in [5, 5.41) is 2.06. The van der Waals surface area contributed by atoms with E-state index in [0.29, 0.717) is 5.92 Å². The van der Waals surface area contributed by atoms with Crippen molar-refractivity contribution in [1.82, 2.24) is 5.43 Å². The van der Waals surface area contributed by atoms with Gasteiger partial charge in [0.15, 0.2) is 0 Å². The Morgan fingerprint density at radius 3 is 2.87 bits per heavy atom. The van der Waals surface area contributed by atoms with Crippen molar-refractivity contribution in [2.45, 2.75) is 19.4 Å². The number of rotatable bonds is 6. The van der Waals surface area contributed by atoms with Crippen LogP contribution in [0.15, 0.2) is 15.9 Å². The second-order valence-electron chi connectivity index (χ2n) is 3.54. The van der Waals surface area contributed by atoms with Gasteiger partial charge in [0.2, 0.25) is 0 Å². The van der Waals surface area contributed by atoms with E-state index in [1.54, 1.807) is 18.4 Å². The predicted molar refractivity (Wildman–Crippen MR) is 67.7 cm³/mol. The molecule has 1 aromatic heterocycles. The van der Waals surface area contributed by atoms with Gasteiger partial charge in [-0.1, -0.05) is 6.92 Å². The van der Waals surface area contributed by atoms with Crippen LogP contribution in [0.3, 0.4) is 0 Å². The highest BCUT2D eigenvalue weighted by Crippen LogP contribution is 2.33. The maximum absolute atomic E-state index is 5.60. The molecule has 0 saturated carbocycles. The third kappa shape index (κ3) is 3.53. The first-order valence-corrected chi connectivity index (χ1v) is 6.56. The smallest absolute Gasteiger partial charge is 0.0590 e. The molecular formula is C10H17BrN2OS. The molecule has 0 fully saturated rings. The Morgan fingerprint density at radius 2 is 2.40 bits per heavy atom. The highest BCUT2D eigenvalue weighted by atomic mass is 79.9. The van der Waals surface area contributed by atoms with Crippen LogP contribution in [0.4, 0.5) is 0 Å². The summed E-state index contributed by atoms with van der Waals surface area (Å²) in [4.78, 5) is 1.25. The average molecular weight is 293 g/mol. The minimum absolute atomic E-state index is 0.189. The van der Waals surface area contributed by atoms with Crippen molar-refractivity contribution in [2.75, 3.05) is 13.7 Å². The van der Waals surface area contributed by atoms with Crippen molar-refractivity contribution in [3.05, 3.63) is 20.8 Å². The van der Waals surface area contributed by atoms with Gasteiger partial charge in [-0.3, -0.25) is 11.3 Å². The minimum atomic E-state index is 0.189. The first-order valence-electron chi connectivity index (χ1n) is 4.88. The van der Waals surface area contributed by atoms with Crippen molar-refractivity contribution >= 4 is 27.3 Å². The molecule has 1 rings (SSSR count). The molecule has 0 aliphatic heterocycles. The first-order chi connectivity index (χ1) is 7.20. The molecule has 2 atom stereocenters. The van der Waals surface area contributed by atoms with Crippen molar-refractivity contribution < 1.29 is 4.74 Å². The molecule has 0 aliphatic rings. The third-order valence-electron chi connectivity index (χ3n) is 2.45. The lowest BCUT2D eigenvalue weighted by Crippen LogP contribution is -2.32. The van der Waals surface area contributed by atoms with Gasteiger partial charge in [0.1, 0.15) is 0 Å². The molecule has 0 aromatic carbocycles. The Labute approximate surface area is 103 Å². The zero-order chi connectivity index (χ0) is 11.3. The first kappa shape index (κ1) is 13.1. The monoisotopic (exact) mass is 292 g/mol. The molecule has 15 heavy (non-hydrogen) atoms. The lowest BCUT2D eigenvalue weighted by atomic mass is 9.98. The van der Waals surface area contributed by atoms with E-state index in [4.69, 9.17) is 10.6 Å². The van der Waals surface area contributed by atoms with Crippen LogP contribution in [0, 0.1) is 5.92 Å². The minimum Gasteiger partial charge on any atom is -0.385 e. The van der Waals surface area contributed by atoms with Gasteiger partial charge in [-0.15, -0.1) is 11.3 Å². The Kier molecular flexibility index (Phi) is 5.78. The van der Waals surface area contributed by atoms with Crippen molar-refractivity contribution in [2.24, 2.45) is 11.8 Å². The molecule has 0 amide bonds.